The summed E-state index contributed by atoms with van der Waals surface area (Å²) in [6.07, 6.45) is 5.32. The van der Waals surface area contributed by atoms with Crippen LogP contribution in [0.15, 0.2) is 48.0 Å². The lowest BCUT2D eigenvalue weighted by molar-refractivity contribution is -0.122. The van der Waals surface area contributed by atoms with E-state index in [1.807, 2.05) is 18.3 Å². The number of hydrogen-bond donors (Lipinski definition) is 2. The summed E-state index contributed by atoms with van der Waals surface area (Å²) in [4.78, 5) is 19.3. The molecule has 0 bridgehead atoms. The van der Waals surface area contributed by atoms with E-state index in [0.717, 1.165) is 44.5 Å². The van der Waals surface area contributed by atoms with Crippen molar-refractivity contribution in [2.45, 2.75) is 31.9 Å². The molecule has 0 aliphatic carbocycles. The van der Waals surface area contributed by atoms with Crippen molar-refractivity contribution in [3.8, 4) is 0 Å². The summed E-state index contributed by atoms with van der Waals surface area (Å²) in [6, 6.07) is 12.5. The third-order valence-corrected chi connectivity index (χ3v) is 6.07. The molecular formula is C22H27N3O2S. The van der Waals surface area contributed by atoms with Gasteiger partial charge in [-0.25, -0.2) is 0 Å². The van der Waals surface area contributed by atoms with Crippen molar-refractivity contribution in [1.82, 2.24) is 15.2 Å². The average molecular weight is 398 g/mol. The number of para-hydroxylation sites is 1. The number of H-pyrrole nitrogens is 1. The Morgan fingerprint density at radius 2 is 2.21 bits per heavy atom. The zero-order chi connectivity index (χ0) is 19.2. The van der Waals surface area contributed by atoms with E-state index in [-0.39, 0.29) is 12.0 Å². The minimum Gasteiger partial charge on any atom is -0.377 e. The summed E-state index contributed by atoms with van der Waals surface area (Å²) in [6.45, 7) is 3.51. The zero-order valence-corrected chi connectivity index (χ0v) is 16.8. The summed E-state index contributed by atoms with van der Waals surface area (Å²) >= 11 is 1.74. The van der Waals surface area contributed by atoms with Gasteiger partial charge in [-0.15, -0.1) is 11.3 Å². The van der Waals surface area contributed by atoms with Gasteiger partial charge in [-0.05, 0) is 42.3 Å². The zero-order valence-electron chi connectivity index (χ0n) is 16.0. The lowest BCUT2D eigenvalue weighted by Gasteiger charge is -2.24. The molecule has 1 aliphatic rings. The SMILES string of the molecule is O=C(CN(Cc1cccs1)C[C@@H]1CCCO1)NCCc1c[nH]c2ccccc12. The number of hydrogen-bond acceptors (Lipinski definition) is 4. The van der Waals surface area contributed by atoms with E-state index in [4.69, 9.17) is 4.74 Å². The van der Waals surface area contributed by atoms with Crippen molar-refractivity contribution in [3.05, 3.63) is 58.4 Å². The van der Waals surface area contributed by atoms with Crippen molar-refractivity contribution < 1.29 is 9.53 Å². The molecule has 28 heavy (non-hydrogen) atoms. The second kappa shape index (κ2) is 9.37. The quantitative estimate of drug-likeness (QED) is 0.580. The van der Waals surface area contributed by atoms with Crippen molar-refractivity contribution in [1.29, 1.82) is 0 Å². The third-order valence-electron chi connectivity index (χ3n) is 5.20. The predicted molar refractivity (Wildman–Crippen MR) is 114 cm³/mol. The molecule has 1 amide bonds. The van der Waals surface area contributed by atoms with Crippen LogP contribution in [0.25, 0.3) is 10.9 Å². The maximum atomic E-state index is 12.5. The largest absolute Gasteiger partial charge is 0.377 e. The van der Waals surface area contributed by atoms with Crippen LogP contribution in [0, 0.1) is 0 Å². The topological polar surface area (TPSA) is 57.4 Å². The summed E-state index contributed by atoms with van der Waals surface area (Å²) < 4.78 is 5.78. The van der Waals surface area contributed by atoms with Gasteiger partial charge < -0.3 is 15.0 Å². The summed E-state index contributed by atoms with van der Waals surface area (Å²) in [7, 11) is 0. The van der Waals surface area contributed by atoms with Crippen LogP contribution in [0.5, 0.6) is 0 Å². The number of rotatable bonds is 9. The maximum absolute atomic E-state index is 12.5. The molecule has 148 valence electrons. The highest BCUT2D eigenvalue weighted by molar-refractivity contribution is 7.09. The molecule has 1 atom stereocenters. The van der Waals surface area contributed by atoms with E-state index in [1.165, 1.54) is 15.8 Å². The van der Waals surface area contributed by atoms with Crippen molar-refractivity contribution in [2.24, 2.45) is 0 Å². The molecule has 6 heteroatoms. The van der Waals surface area contributed by atoms with Gasteiger partial charge in [0.2, 0.25) is 5.91 Å². The number of carbonyl (C=O) groups is 1. The van der Waals surface area contributed by atoms with Gasteiger partial charge in [0.1, 0.15) is 0 Å². The third kappa shape index (κ3) is 5.01. The first kappa shape index (κ1) is 19.2. The fraction of sp³-hybridized carbons (Fsp3) is 0.409. The van der Waals surface area contributed by atoms with Gasteiger partial charge in [0.25, 0.3) is 0 Å². The molecule has 3 heterocycles. The lowest BCUT2D eigenvalue weighted by Crippen LogP contribution is -2.40. The van der Waals surface area contributed by atoms with Crippen LogP contribution >= 0.6 is 11.3 Å². The van der Waals surface area contributed by atoms with Crippen molar-refractivity contribution >= 4 is 28.1 Å². The number of carbonyl (C=O) groups excluding carboxylic acids is 1. The maximum Gasteiger partial charge on any atom is 0.234 e. The van der Waals surface area contributed by atoms with Gasteiger partial charge in [0.15, 0.2) is 0 Å². The number of thiophene rings is 1. The molecule has 1 saturated heterocycles. The Bertz CT molecular complexity index is 884. The standard InChI is InChI=1S/C22H27N3O2S/c26-22(23-10-9-17-13-24-21-8-2-1-7-20(17)21)16-25(14-18-5-3-11-27-18)15-19-6-4-12-28-19/h1-2,4,6-8,12-13,18,24H,3,5,9-11,14-16H2,(H,23,26)/t18-/m0/s1. The Balaban J connectivity index is 1.29. The first-order valence-electron chi connectivity index (χ1n) is 9.96. The summed E-state index contributed by atoms with van der Waals surface area (Å²) in [5, 5.41) is 6.40. The molecule has 1 fully saturated rings. The second-order valence-corrected chi connectivity index (χ2v) is 8.38. The van der Waals surface area contributed by atoms with Gasteiger partial charge >= 0.3 is 0 Å². The molecule has 0 saturated carbocycles. The summed E-state index contributed by atoms with van der Waals surface area (Å²) in [5.41, 5.74) is 2.38. The lowest BCUT2D eigenvalue weighted by atomic mass is 10.1. The number of ether oxygens (including phenoxy) is 1. The first-order chi connectivity index (χ1) is 13.8. The van der Waals surface area contributed by atoms with Crippen LogP contribution in [0.4, 0.5) is 0 Å². The summed E-state index contributed by atoms with van der Waals surface area (Å²) in [5.74, 6) is 0.0781. The molecule has 5 nitrogen and oxygen atoms in total. The number of aromatic amines is 1. The van der Waals surface area contributed by atoms with Crippen LogP contribution in [-0.4, -0.2) is 48.1 Å². The first-order valence-corrected chi connectivity index (χ1v) is 10.8. The van der Waals surface area contributed by atoms with Gasteiger partial charge in [0, 0.05) is 48.2 Å². The monoisotopic (exact) mass is 397 g/mol. The minimum absolute atomic E-state index is 0.0781. The minimum atomic E-state index is 0.0781. The number of benzene rings is 1. The van der Waals surface area contributed by atoms with Crippen molar-refractivity contribution in [2.75, 3.05) is 26.2 Å². The van der Waals surface area contributed by atoms with E-state index in [1.54, 1.807) is 11.3 Å². The van der Waals surface area contributed by atoms with Gasteiger partial charge in [0.05, 0.1) is 12.6 Å². The Hall–Kier alpha value is -2.15. The molecule has 1 aromatic carbocycles. The van der Waals surface area contributed by atoms with E-state index in [0.29, 0.717) is 13.1 Å². The number of amides is 1. The number of fused-ring (bicyclic) bond motifs is 1. The number of aromatic nitrogens is 1. The number of nitrogens with zero attached hydrogens (tertiary/aromatic N) is 1. The Labute approximate surface area is 169 Å². The molecule has 2 aromatic heterocycles. The normalized spacial score (nSPS) is 16.8. The second-order valence-electron chi connectivity index (χ2n) is 7.34. The fourth-order valence-corrected chi connectivity index (χ4v) is 4.56. The molecule has 2 N–H and O–H groups in total. The van der Waals surface area contributed by atoms with Crippen LogP contribution in [0.3, 0.4) is 0 Å². The highest BCUT2D eigenvalue weighted by Gasteiger charge is 2.21. The molecule has 0 unspecified atom stereocenters. The number of nitrogens with one attached hydrogen (secondary N) is 2. The highest BCUT2D eigenvalue weighted by atomic mass is 32.1. The molecule has 1 aliphatic heterocycles. The fourth-order valence-electron chi connectivity index (χ4n) is 3.82. The van der Waals surface area contributed by atoms with Gasteiger partial charge in [-0.2, -0.15) is 0 Å². The van der Waals surface area contributed by atoms with E-state index < -0.39 is 0 Å². The van der Waals surface area contributed by atoms with Crippen LogP contribution in [-0.2, 0) is 22.5 Å². The molecule has 0 spiro atoms. The Kier molecular flexibility index (Phi) is 6.41. The highest BCUT2D eigenvalue weighted by Crippen LogP contribution is 2.18. The Morgan fingerprint density at radius 3 is 3.04 bits per heavy atom. The average Bonchev–Trinajstić information content (AvgIpc) is 3.44. The molecule has 3 aromatic rings. The van der Waals surface area contributed by atoms with Crippen molar-refractivity contribution in [3.63, 3.8) is 0 Å². The molecule has 4 rings (SSSR count). The predicted octanol–water partition coefficient (Wildman–Crippen LogP) is 3.57. The smallest absolute Gasteiger partial charge is 0.234 e. The van der Waals surface area contributed by atoms with Crippen LogP contribution in [0.1, 0.15) is 23.3 Å². The van der Waals surface area contributed by atoms with E-state index >= 15 is 0 Å². The Morgan fingerprint density at radius 1 is 1.29 bits per heavy atom. The van der Waals surface area contributed by atoms with Crippen LogP contribution < -0.4 is 5.32 Å². The van der Waals surface area contributed by atoms with Gasteiger partial charge in [-0.3, -0.25) is 9.69 Å². The van der Waals surface area contributed by atoms with Gasteiger partial charge in [-0.1, -0.05) is 24.3 Å². The van der Waals surface area contributed by atoms with Crippen LogP contribution in [0.2, 0.25) is 0 Å². The van der Waals surface area contributed by atoms with E-state index in [9.17, 15) is 4.79 Å². The van der Waals surface area contributed by atoms with E-state index in [2.05, 4.69) is 44.8 Å². The molecular weight excluding hydrogens is 370 g/mol. The molecule has 0 radical (unpaired) electrons.